The number of allylic oxidation sites excluding steroid dienone is 2. The molecule has 8 atom stereocenters. The lowest BCUT2D eigenvalue weighted by Gasteiger charge is -2.39. The van der Waals surface area contributed by atoms with Crippen LogP contribution in [0.25, 0.3) is 22.1 Å². The summed E-state index contributed by atoms with van der Waals surface area (Å²) in [6.45, 7) is 27.2. The van der Waals surface area contributed by atoms with Crippen LogP contribution in [0.4, 0.5) is 0 Å². The first-order chi connectivity index (χ1) is 28.5. The molecular formula is C53H78N6O2. The number of imidazole rings is 2. The zero-order valence-corrected chi connectivity index (χ0v) is 39.9. The van der Waals surface area contributed by atoms with Crippen molar-refractivity contribution in [3.63, 3.8) is 0 Å². The zero-order chi connectivity index (χ0) is 44.2. The number of hydrogen-bond donors (Lipinski definition) is 4. The van der Waals surface area contributed by atoms with Gasteiger partial charge in [-0.15, -0.1) is 0 Å². The largest absolute Gasteiger partial charge is 0.345 e. The molecule has 332 valence electrons. The zero-order valence-electron chi connectivity index (χ0n) is 39.9. The third-order valence-electron chi connectivity index (χ3n) is 14.7. The van der Waals surface area contributed by atoms with Crippen LogP contribution >= 0.6 is 0 Å². The summed E-state index contributed by atoms with van der Waals surface area (Å²) in [5.74, 6) is 5.36. The topological polar surface area (TPSA) is 116 Å². The second kappa shape index (κ2) is 17.0. The molecule has 8 unspecified atom stereocenters. The SMILES string of the molecule is CCC1CC2=CC(c3ccc4nc(C(NC(=O)C(C)(C)C)C(C)(C)C)[nH]c4c3)C1CCC1CCC(CC2)C(c2ccc3nc(C(NC(=O)C(C)(C)C)C(C)(C)C)[nH]c3c2)CC1. The van der Waals surface area contributed by atoms with Crippen molar-refractivity contribution in [2.75, 3.05) is 0 Å². The number of carbonyl (C=O) groups is 2. The molecule has 4 aromatic rings. The summed E-state index contributed by atoms with van der Waals surface area (Å²) < 4.78 is 0. The molecule has 0 aliphatic heterocycles. The highest BCUT2D eigenvalue weighted by Gasteiger charge is 2.39. The van der Waals surface area contributed by atoms with E-state index in [1.54, 1.807) is 5.57 Å². The van der Waals surface area contributed by atoms with Crippen LogP contribution in [-0.2, 0) is 9.59 Å². The summed E-state index contributed by atoms with van der Waals surface area (Å²) >= 11 is 0. The molecule has 0 radical (unpaired) electrons. The Balaban J connectivity index is 1.16. The van der Waals surface area contributed by atoms with Crippen LogP contribution in [0.15, 0.2) is 48.0 Å². The highest BCUT2D eigenvalue weighted by molar-refractivity contribution is 5.83. The predicted octanol–water partition coefficient (Wildman–Crippen LogP) is 13.2. The van der Waals surface area contributed by atoms with Crippen molar-refractivity contribution >= 4 is 33.9 Å². The van der Waals surface area contributed by atoms with E-state index in [2.05, 4.69) is 112 Å². The Labute approximate surface area is 367 Å². The average molecular weight is 831 g/mol. The van der Waals surface area contributed by atoms with Gasteiger partial charge in [0.1, 0.15) is 11.6 Å². The van der Waals surface area contributed by atoms with E-state index in [0.29, 0.717) is 29.6 Å². The molecule has 4 aliphatic rings. The molecule has 8 heteroatoms. The van der Waals surface area contributed by atoms with E-state index in [-0.39, 0.29) is 34.7 Å². The van der Waals surface area contributed by atoms with E-state index < -0.39 is 10.8 Å². The van der Waals surface area contributed by atoms with Crippen molar-refractivity contribution in [1.82, 2.24) is 30.6 Å². The molecule has 2 aromatic heterocycles. The first-order valence-electron chi connectivity index (χ1n) is 23.8. The molecule has 4 aliphatic carbocycles. The minimum Gasteiger partial charge on any atom is -0.345 e. The molecule has 2 fully saturated rings. The summed E-state index contributed by atoms with van der Waals surface area (Å²) in [4.78, 5) is 43.9. The first kappa shape index (κ1) is 45.1. The number of aromatic nitrogens is 4. The second-order valence-corrected chi connectivity index (χ2v) is 23.7. The van der Waals surface area contributed by atoms with Gasteiger partial charge in [0.2, 0.25) is 11.8 Å². The van der Waals surface area contributed by atoms with Crippen LogP contribution in [-0.4, -0.2) is 31.8 Å². The van der Waals surface area contributed by atoms with Gasteiger partial charge in [0.05, 0.1) is 34.2 Å². The number of benzene rings is 2. The van der Waals surface area contributed by atoms with Gasteiger partial charge >= 0.3 is 0 Å². The van der Waals surface area contributed by atoms with E-state index in [1.165, 1.54) is 75.3 Å². The number of nitrogens with one attached hydrogen (secondary N) is 4. The Morgan fingerprint density at radius 1 is 0.672 bits per heavy atom. The maximum Gasteiger partial charge on any atom is 0.225 e. The van der Waals surface area contributed by atoms with Crippen LogP contribution in [0.3, 0.4) is 0 Å². The molecule has 2 saturated carbocycles. The number of hydrogen-bond acceptors (Lipinski definition) is 4. The van der Waals surface area contributed by atoms with E-state index in [4.69, 9.17) is 9.97 Å². The van der Waals surface area contributed by atoms with Gasteiger partial charge in [0.25, 0.3) is 0 Å². The maximum atomic E-state index is 13.2. The third kappa shape index (κ3) is 9.99. The van der Waals surface area contributed by atoms with Crippen LogP contribution in [0, 0.1) is 45.3 Å². The molecular weight excluding hydrogens is 753 g/mol. The fraction of sp³-hybridized carbons (Fsp3) is 0.660. The molecule has 4 bridgehead atoms. The molecule has 2 aromatic carbocycles. The van der Waals surface area contributed by atoms with Crippen molar-refractivity contribution in [3.8, 4) is 0 Å². The van der Waals surface area contributed by atoms with Crippen molar-refractivity contribution in [2.24, 2.45) is 45.3 Å². The minimum absolute atomic E-state index is 0.0348. The quantitative estimate of drug-likeness (QED) is 0.139. The summed E-state index contributed by atoms with van der Waals surface area (Å²) in [6.07, 6.45) is 15.3. The molecule has 61 heavy (non-hydrogen) atoms. The van der Waals surface area contributed by atoms with E-state index >= 15 is 0 Å². The van der Waals surface area contributed by atoms with Crippen LogP contribution in [0.2, 0.25) is 0 Å². The van der Waals surface area contributed by atoms with E-state index in [0.717, 1.165) is 39.6 Å². The Kier molecular flexibility index (Phi) is 12.5. The normalized spacial score (nSPS) is 25.4. The fourth-order valence-corrected chi connectivity index (χ4v) is 10.8. The number of H-pyrrole nitrogens is 2. The molecule has 2 heterocycles. The van der Waals surface area contributed by atoms with E-state index in [1.807, 2.05) is 41.5 Å². The average Bonchev–Trinajstić information content (AvgIpc) is 3.73. The molecule has 4 N–H and O–H groups in total. The lowest BCUT2D eigenvalue weighted by Crippen LogP contribution is -2.42. The fourth-order valence-electron chi connectivity index (χ4n) is 10.8. The summed E-state index contributed by atoms with van der Waals surface area (Å²) in [5, 5.41) is 6.65. The van der Waals surface area contributed by atoms with Gasteiger partial charge in [-0.1, -0.05) is 133 Å². The van der Waals surface area contributed by atoms with Gasteiger partial charge in [-0.2, -0.15) is 0 Å². The molecule has 0 saturated heterocycles. The van der Waals surface area contributed by atoms with Gasteiger partial charge in [0.15, 0.2) is 0 Å². The van der Waals surface area contributed by atoms with Gasteiger partial charge < -0.3 is 20.6 Å². The van der Waals surface area contributed by atoms with Gasteiger partial charge in [0, 0.05) is 16.7 Å². The van der Waals surface area contributed by atoms with Crippen LogP contribution in [0.1, 0.15) is 201 Å². The highest BCUT2D eigenvalue weighted by atomic mass is 16.2. The Hall–Kier alpha value is -3.94. The van der Waals surface area contributed by atoms with Crippen molar-refractivity contribution in [2.45, 2.75) is 178 Å². The Morgan fingerprint density at radius 2 is 1.18 bits per heavy atom. The Bertz CT molecular complexity index is 2230. The van der Waals surface area contributed by atoms with Crippen molar-refractivity contribution < 1.29 is 9.59 Å². The monoisotopic (exact) mass is 831 g/mol. The van der Waals surface area contributed by atoms with E-state index in [9.17, 15) is 9.59 Å². The second-order valence-electron chi connectivity index (χ2n) is 23.7. The first-order valence-corrected chi connectivity index (χ1v) is 23.8. The predicted molar refractivity (Wildman–Crippen MR) is 251 cm³/mol. The third-order valence-corrected chi connectivity index (χ3v) is 14.7. The van der Waals surface area contributed by atoms with Crippen LogP contribution < -0.4 is 10.6 Å². The van der Waals surface area contributed by atoms with Crippen molar-refractivity contribution in [3.05, 3.63) is 70.8 Å². The Morgan fingerprint density at radius 3 is 1.70 bits per heavy atom. The summed E-state index contributed by atoms with van der Waals surface area (Å²) in [6, 6.07) is 13.4. The lowest BCUT2D eigenvalue weighted by atomic mass is 9.66. The molecule has 8 rings (SSSR count). The lowest BCUT2D eigenvalue weighted by molar-refractivity contribution is -0.130. The highest BCUT2D eigenvalue weighted by Crippen LogP contribution is 2.50. The van der Waals surface area contributed by atoms with Gasteiger partial charge in [-0.25, -0.2) is 9.97 Å². The summed E-state index contributed by atoms with van der Waals surface area (Å²) in [7, 11) is 0. The number of amides is 2. The van der Waals surface area contributed by atoms with Crippen molar-refractivity contribution in [1.29, 1.82) is 0 Å². The standard InChI is InChI=1S/C53H78N6O2/c1-14-33-27-32-16-20-34-19-15-31(17-23-37(34)35-21-25-40-42(29-35)56-46(54-40)44(50(2,3)4)58-48(60)52(8,9)10)18-24-38(33)39(28-32)36-22-26-41-43(30-36)57-47(55-41)45(51(5,6)7)59-49(61)53(11,12)13/h21-22,25-26,28-31,33-34,37-39,44-45H,14-20,23-24,27H2,1-13H3,(H,54,56)(H,55,57)(H,58,60)(H,59,61). The maximum absolute atomic E-state index is 13.2. The molecule has 0 spiro atoms. The molecule has 8 nitrogen and oxygen atoms in total. The smallest absolute Gasteiger partial charge is 0.225 e. The van der Waals surface area contributed by atoms with Gasteiger partial charge in [-0.05, 0) is 121 Å². The number of nitrogens with zero attached hydrogens (tertiary/aromatic N) is 2. The van der Waals surface area contributed by atoms with Crippen LogP contribution in [0.5, 0.6) is 0 Å². The molecule has 2 amide bonds. The number of rotatable bonds is 7. The van der Waals surface area contributed by atoms with Gasteiger partial charge in [-0.3, -0.25) is 9.59 Å². The minimum atomic E-state index is -0.484. The number of aromatic amines is 2. The summed E-state index contributed by atoms with van der Waals surface area (Å²) in [5.41, 5.74) is 7.16. The number of carbonyl (C=O) groups excluding carboxylic acids is 2. The number of fused-ring (bicyclic) bond motifs is 6.